The van der Waals surface area contributed by atoms with Gasteiger partial charge in [0.2, 0.25) is 0 Å². The van der Waals surface area contributed by atoms with Gasteiger partial charge in [0.15, 0.2) is 0 Å². The number of hydrogen-bond donors (Lipinski definition) is 1. The van der Waals surface area contributed by atoms with Crippen molar-refractivity contribution in [1.29, 1.82) is 0 Å². The van der Waals surface area contributed by atoms with Crippen LogP contribution < -0.4 is 5.32 Å². The Bertz CT molecular complexity index is 368. The van der Waals surface area contributed by atoms with E-state index >= 15 is 0 Å². The fourth-order valence-corrected chi connectivity index (χ4v) is 2.03. The van der Waals surface area contributed by atoms with Gasteiger partial charge in [0, 0.05) is 19.1 Å². The Labute approximate surface area is 116 Å². The highest BCUT2D eigenvalue weighted by molar-refractivity contribution is 5.20. The molecule has 3 nitrogen and oxygen atoms in total. The summed E-state index contributed by atoms with van der Waals surface area (Å²) in [5.41, 5.74) is 1.02. The quantitative estimate of drug-likeness (QED) is 0.777. The normalized spacial score (nSPS) is 13.2. The number of nitrogens with zero attached hydrogens (tertiary/aromatic N) is 2. The van der Waals surface area contributed by atoms with E-state index in [0.29, 0.717) is 0 Å². The predicted octanol–water partition coefficient (Wildman–Crippen LogP) is 1.97. The van der Waals surface area contributed by atoms with Crippen LogP contribution in [0.2, 0.25) is 0 Å². The van der Waals surface area contributed by atoms with Crippen LogP contribution in [0.15, 0.2) is 24.3 Å². The fraction of sp³-hybridized carbons (Fsp3) is 0.600. The first-order valence-electron chi connectivity index (χ1n) is 6.79. The van der Waals surface area contributed by atoms with Crippen molar-refractivity contribution in [3.63, 3.8) is 0 Å². The van der Waals surface area contributed by atoms with Crippen molar-refractivity contribution in [2.45, 2.75) is 12.5 Å². The molecule has 1 aromatic carbocycles. The summed E-state index contributed by atoms with van der Waals surface area (Å²) in [7, 11) is 8.21. The van der Waals surface area contributed by atoms with Crippen LogP contribution in [0, 0.1) is 5.82 Å². The van der Waals surface area contributed by atoms with Crippen molar-refractivity contribution in [2.24, 2.45) is 0 Å². The SMILES string of the molecule is CNC(CCN(C)CCN(C)C)c1cccc(F)c1. The smallest absolute Gasteiger partial charge is 0.123 e. The Morgan fingerprint density at radius 3 is 2.47 bits per heavy atom. The van der Waals surface area contributed by atoms with Crippen LogP contribution >= 0.6 is 0 Å². The molecule has 0 bridgehead atoms. The third-order valence-corrected chi connectivity index (χ3v) is 3.33. The molecule has 0 amide bonds. The van der Waals surface area contributed by atoms with E-state index in [4.69, 9.17) is 0 Å². The summed E-state index contributed by atoms with van der Waals surface area (Å²) in [5, 5.41) is 3.26. The monoisotopic (exact) mass is 267 g/mol. The maximum absolute atomic E-state index is 13.2. The van der Waals surface area contributed by atoms with Gasteiger partial charge in [0.1, 0.15) is 5.82 Å². The van der Waals surface area contributed by atoms with Gasteiger partial charge in [-0.1, -0.05) is 12.1 Å². The lowest BCUT2D eigenvalue weighted by Gasteiger charge is -2.23. The van der Waals surface area contributed by atoms with Crippen molar-refractivity contribution in [2.75, 3.05) is 47.8 Å². The van der Waals surface area contributed by atoms with Crippen LogP contribution in [0.1, 0.15) is 18.0 Å². The number of rotatable bonds is 8. The molecule has 4 heteroatoms. The standard InChI is InChI=1S/C15H26FN3/c1-17-15(13-6-5-7-14(16)12-13)8-9-19(4)11-10-18(2)3/h5-7,12,15,17H,8-11H2,1-4H3. The van der Waals surface area contributed by atoms with E-state index in [0.717, 1.165) is 31.6 Å². The van der Waals surface area contributed by atoms with Crippen LogP contribution in [-0.2, 0) is 0 Å². The molecule has 1 atom stereocenters. The molecule has 19 heavy (non-hydrogen) atoms. The Balaban J connectivity index is 2.44. The summed E-state index contributed by atoms with van der Waals surface area (Å²) in [4.78, 5) is 4.49. The lowest BCUT2D eigenvalue weighted by atomic mass is 10.0. The average molecular weight is 267 g/mol. The van der Waals surface area contributed by atoms with Crippen LogP contribution in [0.3, 0.4) is 0 Å². The number of benzene rings is 1. The molecule has 0 saturated heterocycles. The van der Waals surface area contributed by atoms with E-state index in [-0.39, 0.29) is 11.9 Å². The van der Waals surface area contributed by atoms with Gasteiger partial charge in [-0.05, 0) is 58.9 Å². The number of halogens is 1. The Morgan fingerprint density at radius 1 is 1.16 bits per heavy atom. The average Bonchev–Trinajstić information content (AvgIpc) is 2.37. The molecule has 0 saturated carbocycles. The Morgan fingerprint density at radius 2 is 1.89 bits per heavy atom. The predicted molar refractivity (Wildman–Crippen MR) is 78.9 cm³/mol. The molecule has 1 aromatic rings. The van der Waals surface area contributed by atoms with Gasteiger partial charge in [-0.2, -0.15) is 0 Å². The summed E-state index contributed by atoms with van der Waals surface area (Å²) in [6.45, 7) is 3.10. The lowest BCUT2D eigenvalue weighted by molar-refractivity contribution is 0.270. The van der Waals surface area contributed by atoms with E-state index < -0.39 is 0 Å². The molecule has 0 aliphatic heterocycles. The molecular formula is C15H26FN3. The third-order valence-electron chi connectivity index (χ3n) is 3.33. The van der Waals surface area contributed by atoms with E-state index in [1.807, 2.05) is 13.1 Å². The summed E-state index contributed by atoms with van der Waals surface area (Å²) in [5.74, 6) is -0.168. The molecule has 0 aromatic heterocycles. The van der Waals surface area contributed by atoms with Gasteiger partial charge in [0.05, 0.1) is 0 Å². The summed E-state index contributed by atoms with van der Waals surface area (Å²) in [6.07, 6.45) is 0.976. The zero-order valence-electron chi connectivity index (χ0n) is 12.5. The van der Waals surface area contributed by atoms with Gasteiger partial charge in [-0.15, -0.1) is 0 Å². The minimum atomic E-state index is -0.168. The first kappa shape index (κ1) is 16.1. The summed E-state index contributed by atoms with van der Waals surface area (Å²) < 4.78 is 13.2. The maximum atomic E-state index is 13.2. The molecular weight excluding hydrogens is 241 g/mol. The van der Waals surface area contributed by atoms with Gasteiger partial charge >= 0.3 is 0 Å². The largest absolute Gasteiger partial charge is 0.313 e. The van der Waals surface area contributed by atoms with Crippen molar-refractivity contribution in [1.82, 2.24) is 15.1 Å². The van der Waals surface area contributed by atoms with Gasteiger partial charge in [0.25, 0.3) is 0 Å². The summed E-state index contributed by atoms with van der Waals surface area (Å²) in [6, 6.07) is 7.05. The number of nitrogens with one attached hydrogen (secondary N) is 1. The molecule has 0 spiro atoms. The van der Waals surface area contributed by atoms with Crippen LogP contribution in [0.25, 0.3) is 0 Å². The topological polar surface area (TPSA) is 18.5 Å². The second-order valence-corrected chi connectivity index (χ2v) is 5.29. The Kier molecular flexibility index (Phi) is 6.99. The van der Waals surface area contributed by atoms with E-state index in [2.05, 4.69) is 36.3 Å². The molecule has 0 aliphatic carbocycles. The highest BCUT2D eigenvalue weighted by atomic mass is 19.1. The molecule has 0 heterocycles. The number of likely N-dealkylation sites (N-methyl/N-ethyl adjacent to an activating group) is 2. The van der Waals surface area contributed by atoms with Crippen LogP contribution in [-0.4, -0.2) is 57.6 Å². The molecule has 108 valence electrons. The fourth-order valence-electron chi connectivity index (χ4n) is 2.03. The first-order valence-corrected chi connectivity index (χ1v) is 6.79. The van der Waals surface area contributed by atoms with Crippen molar-refractivity contribution < 1.29 is 4.39 Å². The van der Waals surface area contributed by atoms with Gasteiger partial charge in [-0.3, -0.25) is 0 Å². The van der Waals surface area contributed by atoms with Crippen LogP contribution in [0.4, 0.5) is 4.39 Å². The van der Waals surface area contributed by atoms with Gasteiger partial charge in [-0.25, -0.2) is 4.39 Å². The third kappa shape index (κ3) is 6.14. The molecule has 1 unspecified atom stereocenters. The minimum Gasteiger partial charge on any atom is -0.313 e. The molecule has 1 N–H and O–H groups in total. The van der Waals surface area contributed by atoms with Crippen molar-refractivity contribution in [3.05, 3.63) is 35.6 Å². The highest BCUT2D eigenvalue weighted by Crippen LogP contribution is 2.17. The van der Waals surface area contributed by atoms with Crippen LogP contribution in [0.5, 0.6) is 0 Å². The molecule has 0 fully saturated rings. The molecule has 0 aliphatic rings. The van der Waals surface area contributed by atoms with Gasteiger partial charge < -0.3 is 15.1 Å². The van der Waals surface area contributed by atoms with E-state index in [1.165, 1.54) is 6.07 Å². The van der Waals surface area contributed by atoms with Crippen molar-refractivity contribution >= 4 is 0 Å². The maximum Gasteiger partial charge on any atom is 0.123 e. The minimum absolute atomic E-state index is 0.168. The highest BCUT2D eigenvalue weighted by Gasteiger charge is 2.11. The number of hydrogen-bond acceptors (Lipinski definition) is 3. The lowest BCUT2D eigenvalue weighted by Crippen LogP contribution is -2.31. The second-order valence-electron chi connectivity index (χ2n) is 5.29. The van der Waals surface area contributed by atoms with E-state index in [1.54, 1.807) is 12.1 Å². The molecule has 0 radical (unpaired) electrons. The van der Waals surface area contributed by atoms with Crippen molar-refractivity contribution in [3.8, 4) is 0 Å². The Hall–Kier alpha value is -0.970. The van der Waals surface area contributed by atoms with E-state index in [9.17, 15) is 4.39 Å². The zero-order valence-corrected chi connectivity index (χ0v) is 12.5. The second kappa shape index (κ2) is 8.25. The summed E-state index contributed by atoms with van der Waals surface area (Å²) >= 11 is 0. The zero-order chi connectivity index (χ0) is 14.3. The molecule has 1 rings (SSSR count). The first-order chi connectivity index (χ1) is 9.02.